The molecule has 0 amide bonds. The van der Waals surface area contributed by atoms with Gasteiger partial charge in [0.2, 0.25) is 0 Å². The largest absolute Gasteiger partial charge is 0.489 e. The van der Waals surface area contributed by atoms with Crippen molar-refractivity contribution in [2.24, 2.45) is 0 Å². The minimum atomic E-state index is -0.00314. The maximum atomic E-state index is 10.8. The Bertz CT molecular complexity index is 339. The molecule has 1 atom stereocenters. The van der Waals surface area contributed by atoms with E-state index in [1.165, 1.54) is 0 Å². The molecule has 0 heterocycles. The molecule has 0 aliphatic carbocycles. The Morgan fingerprint density at radius 3 is 2.87 bits per heavy atom. The van der Waals surface area contributed by atoms with Crippen molar-refractivity contribution in [1.29, 1.82) is 0 Å². The molecule has 0 radical (unpaired) electrons. The predicted octanol–water partition coefficient (Wildman–Crippen LogP) is 2.68. The topological polar surface area (TPSA) is 35.5 Å². The van der Waals surface area contributed by atoms with Crippen molar-refractivity contribution < 1.29 is 14.3 Å². The molecule has 0 saturated carbocycles. The quantitative estimate of drug-likeness (QED) is 0.774. The van der Waals surface area contributed by atoms with E-state index in [1.807, 2.05) is 13.0 Å². The highest BCUT2D eigenvalue weighted by Crippen LogP contribution is 2.28. The summed E-state index contributed by atoms with van der Waals surface area (Å²) < 4.78 is 11.3. The molecule has 0 bridgehead atoms. The number of ether oxygens (including phenoxy) is 2. The standard InChI is InChI=1S/C11H13BrO3/c1-8(14-2)7-15-11-9(6-13)4-3-5-10(11)12/h3-6,8H,7H2,1-2H3. The molecule has 4 heteroatoms. The van der Waals surface area contributed by atoms with E-state index in [2.05, 4.69) is 15.9 Å². The molecule has 0 fully saturated rings. The van der Waals surface area contributed by atoms with Gasteiger partial charge < -0.3 is 9.47 Å². The summed E-state index contributed by atoms with van der Waals surface area (Å²) in [7, 11) is 1.62. The van der Waals surface area contributed by atoms with Crippen molar-refractivity contribution in [1.82, 2.24) is 0 Å². The fourth-order valence-electron chi connectivity index (χ4n) is 1.04. The lowest BCUT2D eigenvalue weighted by molar-refractivity contribution is 0.0709. The van der Waals surface area contributed by atoms with E-state index in [4.69, 9.17) is 9.47 Å². The molecule has 1 rings (SSSR count). The first kappa shape index (κ1) is 12.2. The van der Waals surface area contributed by atoms with Crippen LogP contribution in [-0.2, 0) is 4.74 Å². The third-order valence-electron chi connectivity index (χ3n) is 1.99. The average molecular weight is 273 g/mol. The summed E-state index contributed by atoms with van der Waals surface area (Å²) in [6.45, 7) is 2.32. The number of hydrogen-bond donors (Lipinski definition) is 0. The number of methoxy groups -OCH3 is 1. The van der Waals surface area contributed by atoms with Crippen LogP contribution >= 0.6 is 15.9 Å². The van der Waals surface area contributed by atoms with Crippen LogP contribution in [0, 0.1) is 0 Å². The van der Waals surface area contributed by atoms with E-state index in [-0.39, 0.29) is 6.10 Å². The summed E-state index contributed by atoms with van der Waals surface area (Å²) in [6, 6.07) is 5.34. The van der Waals surface area contributed by atoms with Gasteiger partial charge in [-0.05, 0) is 35.0 Å². The van der Waals surface area contributed by atoms with Crippen molar-refractivity contribution in [3.05, 3.63) is 28.2 Å². The Hall–Kier alpha value is -0.870. The molecule has 1 aromatic carbocycles. The molecule has 0 aliphatic rings. The maximum Gasteiger partial charge on any atom is 0.153 e. The highest BCUT2D eigenvalue weighted by atomic mass is 79.9. The van der Waals surface area contributed by atoms with E-state index < -0.39 is 0 Å². The lowest BCUT2D eigenvalue weighted by atomic mass is 10.2. The van der Waals surface area contributed by atoms with Gasteiger partial charge in [-0.25, -0.2) is 0 Å². The highest BCUT2D eigenvalue weighted by Gasteiger charge is 2.09. The Balaban J connectivity index is 2.78. The van der Waals surface area contributed by atoms with E-state index in [9.17, 15) is 4.79 Å². The number of para-hydroxylation sites is 1. The lowest BCUT2D eigenvalue weighted by Crippen LogP contribution is -2.16. The van der Waals surface area contributed by atoms with Gasteiger partial charge in [-0.2, -0.15) is 0 Å². The van der Waals surface area contributed by atoms with E-state index in [1.54, 1.807) is 19.2 Å². The Morgan fingerprint density at radius 1 is 1.53 bits per heavy atom. The fraction of sp³-hybridized carbons (Fsp3) is 0.364. The van der Waals surface area contributed by atoms with E-state index in [0.29, 0.717) is 17.9 Å². The van der Waals surface area contributed by atoms with Gasteiger partial charge in [0, 0.05) is 7.11 Å². The molecule has 0 aromatic heterocycles. The predicted molar refractivity (Wildman–Crippen MR) is 61.5 cm³/mol. The molecule has 0 saturated heterocycles. The van der Waals surface area contributed by atoms with Crippen LogP contribution in [0.25, 0.3) is 0 Å². The van der Waals surface area contributed by atoms with Crippen molar-refractivity contribution in [2.45, 2.75) is 13.0 Å². The smallest absolute Gasteiger partial charge is 0.153 e. The SMILES string of the molecule is COC(C)COc1c(Br)cccc1C=O. The highest BCUT2D eigenvalue weighted by molar-refractivity contribution is 9.10. The van der Waals surface area contributed by atoms with Crippen LogP contribution in [0.4, 0.5) is 0 Å². The summed E-state index contributed by atoms with van der Waals surface area (Å²) in [5.41, 5.74) is 0.535. The summed E-state index contributed by atoms with van der Waals surface area (Å²) in [6.07, 6.45) is 0.772. The zero-order valence-electron chi connectivity index (χ0n) is 8.70. The first-order chi connectivity index (χ1) is 7.19. The number of benzene rings is 1. The Morgan fingerprint density at radius 2 is 2.27 bits per heavy atom. The summed E-state index contributed by atoms with van der Waals surface area (Å²) >= 11 is 3.34. The molecule has 1 aromatic rings. The molecular formula is C11H13BrO3. The van der Waals surface area contributed by atoms with Gasteiger partial charge in [0.15, 0.2) is 6.29 Å². The molecule has 0 N–H and O–H groups in total. The second-order valence-corrected chi connectivity index (χ2v) is 3.99. The third-order valence-corrected chi connectivity index (χ3v) is 2.61. The normalized spacial score (nSPS) is 12.2. The molecule has 15 heavy (non-hydrogen) atoms. The van der Waals surface area contributed by atoms with Crippen molar-refractivity contribution in [3.63, 3.8) is 0 Å². The summed E-state index contributed by atoms with van der Waals surface area (Å²) in [4.78, 5) is 10.8. The minimum absolute atomic E-state index is 0.00314. The molecule has 82 valence electrons. The molecule has 1 unspecified atom stereocenters. The van der Waals surface area contributed by atoms with Crippen molar-refractivity contribution >= 4 is 22.2 Å². The Labute approximate surface area is 97.5 Å². The maximum absolute atomic E-state index is 10.8. The van der Waals surface area contributed by atoms with Crippen LogP contribution in [0.5, 0.6) is 5.75 Å². The van der Waals surface area contributed by atoms with Gasteiger partial charge >= 0.3 is 0 Å². The minimum Gasteiger partial charge on any atom is -0.489 e. The van der Waals surface area contributed by atoms with E-state index in [0.717, 1.165) is 10.8 Å². The van der Waals surface area contributed by atoms with Crippen LogP contribution in [-0.4, -0.2) is 26.1 Å². The lowest BCUT2D eigenvalue weighted by Gasteiger charge is -2.13. The molecular weight excluding hydrogens is 260 g/mol. The first-order valence-corrected chi connectivity index (χ1v) is 5.37. The van der Waals surface area contributed by atoms with Gasteiger partial charge in [0.25, 0.3) is 0 Å². The number of carbonyl (C=O) groups is 1. The van der Waals surface area contributed by atoms with Gasteiger partial charge in [-0.15, -0.1) is 0 Å². The fourth-order valence-corrected chi connectivity index (χ4v) is 1.54. The number of rotatable bonds is 5. The number of hydrogen-bond acceptors (Lipinski definition) is 3. The van der Waals surface area contributed by atoms with Gasteiger partial charge in [0.05, 0.1) is 16.1 Å². The van der Waals surface area contributed by atoms with Crippen LogP contribution in [0.1, 0.15) is 17.3 Å². The zero-order valence-corrected chi connectivity index (χ0v) is 10.3. The van der Waals surface area contributed by atoms with Crippen molar-refractivity contribution in [2.75, 3.05) is 13.7 Å². The number of carbonyl (C=O) groups excluding carboxylic acids is 1. The van der Waals surface area contributed by atoms with Crippen LogP contribution in [0.15, 0.2) is 22.7 Å². The van der Waals surface area contributed by atoms with Crippen molar-refractivity contribution in [3.8, 4) is 5.75 Å². The van der Waals surface area contributed by atoms with Crippen LogP contribution in [0.3, 0.4) is 0 Å². The van der Waals surface area contributed by atoms with Gasteiger partial charge in [0.1, 0.15) is 12.4 Å². The molecule has 3 nitrogen and oxygen atoms in total. The van der Waals surface area contributed by atoms with Gasteiger partial charge in [-0.1, -0.05) is 6.07 Å². The number of aldehydes is 1. The molecule has 0 spiro atoms. The Kier molecular flexibility index (Phi) is 4.78. The first-order valence-electron chi connectivity index (χ1n) is 4.58. The number of halogens is 1. The van der Waals surface area contributed by atoms with Crippen LogP contribution < -0.4 is 4.74 Å². The second-order valence-electron chi connectivity index (χ2n) is 3.13. The monoisotopic (exact) mass is 272 g/mol. The summed E-state index contributed by atoms with van der Waals surface area (Å²) in [5.74, 6) is 0.566. The average Bonchev–Trinajstić information content (AvgIpc) is 2.26. The van der Waals surface area contributed by atoms with E-state index >= 15 is 0 Å². The second kappa shape index (κ2) is 5.88. The van der Waals surface area contributed by atoms with Crippen LogP contribution in [0.2, 0.25) is 0 Å². The zero-order chi connectivity index (χ0) is 11.3. The third kappa shape index (κ3) is 3.32. The molecule has 0 aliphatic heterocycles. The van der Waals surface area contributed by atoms with Gasteiger partial charge in [-0.3, -0.25) is 4.79 Å². The summed E-state index contributed by atoms with van der Waals surface area (Å²) in [5, 5.41) is 0.